The number of rotatable bonds is 4. The fourth-order valence-corrected chi connectivity index (χ4v) is 13.7. The van der Waals surface area contributed by atoms with Crippen molar-refractivity contribution in [3.8, 4) is 11.5 Å². The molecule has 3 aromatic heterocycles. The van der Waals surface area contributed by atoms with Gasteiger partial charge in [-0.15, -0.1) is 5.54 Å². The summed E-state index contributed by atoms with van der Waals surface area (Å²) in [5.41, 5.74) is 19.7. The van der Waals surface area contributed by atoms with Crippen LogP contribution in [0.3, 0.4) is 0 Å². The summed E-state index contributed by atoms with van der Waals surface area (Å²) in [7, 11) is -1.98. The Labute approximate surface area is 282 Å². The summed E-state index contributed by atoms with van der Waals surface area (Å²) in [6, 6.07) is 17.9. The lowest BCUT2D eigenvalue weighted by molar-refractivity contribution is 0.481. The number of allylic oxidation sites excluding steroid dienone is 2. The molecule has 0 spiro atoms. The minimum absolute atomic E-state index is 0.00873. The van der Waals surface area contributed by atoms with Gasteiger partial charge >= 0.3 is 0 Å². The van der Waals surface area contributed by atoms with Crippen molar-refractivity contribution in [1.29, 1.82) is 0 Å². The van der Waals surface area contributed by atoms with Crippen LogP contribution >= 0.6 is 0 Å². The van der Waals surface area contributed by atoms with Crippen LogP contribution in [0.4, 0.5) is 0 Å². The number of hydrogen-bond acceptors (Lipinski definition) is 1. The Morgan fingerprint density at radius 3 is 1.91 bits per heavy atom. The van der Waals surface area contributed by atoms with Gasteiger partial charge in [-0.3, -0.25) is 0 Å². The number of aromatic nitrogens is 3. The van der Waals surface area contributed by atoms with Crippen LogP contribution in [0.5, 0.6) is 0 Å². The van der Waals surface area contributed by atoms with Crippen LogP contribution in [-0.4, -0.2) is 23.0 Å². The fraction of sp³-hybridized carbons (Fsp3) is 0.381. The van der Waals surface area contributed by atoms with Crippen molar-refractivity contribution in [3.05, 3.63) is 116 Å². The molecule has 47 heavy (non-hydrogen) atoms. The van der Waals surface area contributed by atoms with Crippen molar-refractivity contribution in [2.75, 3.05) is 0 Å². The molecule has 1 fully saturated rings. The van der Waals surface area contributed by atoms with Crippen molar-refractivity contribution >= 4 is 31.4 Å². The first-order chi connectivity index (χ1) is 22.2. The lowest BCUT2D eigenvalue weighted by atomic mass is 9.88. The Morgan fingerprint density at radius 2 is 1.28 bits per heavy atom. The molecule has 0 unspecified atom stereocenters. The summed E-state index contributed by atoms with van der Waals surface area (Å²) in [5, 5.41) is 5.88. The predicted molar refractivity (Wildman–Crippen MR) is 203 cm³/mol. The van der Waals surface area contributed by atoms with Gasteiger partial charge in [-0.1, -0.05) is 79.0 Å². The van der Waals surface area contributed by atoms with E-state index in [1.807, 2.05) is 0 Å². The highest BCUT2D eigenvalue weighted by atomic mass is 28.3. The molecule has 0 amide bonds. The second kappa shape index (κ2) is 12.1. The van der Waals surface area contributed by atoms with E-state index in [4.69, 9.17) is 0 Å². The van der Waals surface area contributed by atoms with E-state index in [9.17, 15) is 0 Å². The Balaban J connectivity index is 1.72. The second-order valence-corrected chi connectivity index (χ2v) is 21.1. The molecule has 5 heterocycles. The number of benzene rings is 1. The number of aromatic amines is 3. The smallest absolute Gasteiger partial charge is 0.146 e. The molecule has 8 bridgehead atoms. The number of nitrogens with one attached hydrogen (secondary N) is 4. The molecule has 2 aliphatic heterocycles. The van der Waals surface area contributed by atoms with Gasteiger partial charge in [-0.2, -0.15) is 0 Å². The zero-order valence-electron chi connectivity index (χ0n) is 30.2. The van der Waals surface area contributed by atoms with Crippen LogP contribution in [0.25, 0.3) is 23.3 Å². The zero-order valence-corrected chi connectivity index (χ0v) is 31.2. The van der Waals surface area contributed by atoms with Crippen molar-refractivity contribution in [3.63, 3.8) is 0 Å². The van der Waals surface area contributed by atoms with Crippen molar-refractivity contribution in [2.24, 2.45) is 5.41 Å². The summed E-state index contributed by atoms with van der Waals surface area (Å²) >= 11 is 0. The maximum atomic E-state index is 4.02. The normalized spacial score (nSPS) is 16.0. The summed E-state index contributed by atoms with van der Waals surface area (Å²) in [6.07, 6.45) is 5.48. The van der Waals surface area contributed by atoms with Crippen LogP contribution in [0.15, 0.2) is 59.9 Å². The Morgan fingerprint density at radius 1 is 0.702 bits per heavy atom. The molecule has 0 radical (unpaired) electrons. The first-order valence-electron chi connectivity index (χ1n) is 17.3. The molecule has 0 atom stereocenters. The number of hydrogen-bond donors (Lipinski definition) is 4. The highest BCUT2D eigenvalue weighted by Crippen LogP contribution is 2.42. The van der Waals surface area contributed by atoms with Crippen LogP contribution in [0, 0.1) is 37.7 Å². The van der Waals surface area contributed by atoms with Crippen molar-refractivity contribution in [1.82, 2.24) is 20.3 Å². The molecule has 0 aliphatic carbocycles. The zero-order chi connectivity index (χ0) is 33.8. The van der Waals surface area contributed by atoms with Crippen molar-refractivity contribution < 1.29 is 0 Å². The van der Waals surface area contributed by atoms with E-state index in [0.29, 0.717) is 16.6 Å². The lowest BCUT2D eigenvalue weighted by Gasteiger charge is -2.38. The van der Waals surface area contributed by atoms with E-state index in [1.54, 1.807) is 0 Å². The minimum Gasteiger partial charge on any atom is -0.362 e. The highest BCUT2D eigenvalue weighted by molar-refractivity contribution is 6.90. The predicted octanol–water partition coefficient (Wildman–Crippen LogP) is 8.98. The third-order valence-corrected chi connectivity index (χ3v) is 17.0. The minimum atomic E-state index is -1.98. The first kappa shape index (κ1) is 32.8. The van der Waals surface area contributed by atoms with Crippen LogP contribution in [-0.2, 0) is 0 Å². The average molecular weight is 641 g/mol. The van der Waals surface area contributed by atoms with Crippen LogP contribution < -0.4 is 16.0 Å². The van der Waals surface area contributed by atoms with Gasteiger partial charge in [0.15, 0.2) is 0 Å². The first-order valence-corrected chi connectivity index (χ1v) is 19.6. The molecular weight excluding hydrogens is 589 g/mol. The van der Waals surface area contributed by atoms with Gasteiger partial charge < -0.3 is 20.3 Å². The number of H-pyrrole nitrogens is 3. The molecule has 4 nitrogen and oxygen atoms in total. The van der Waals surface area contributed by atoms with Gasteiger partial charge in [0.05, 0.1) is 16.6 Å². The second-order valence-electron chi connectivity index (χ2n) is 15.5. The maximum absolute atomic E-state index is 4.02. The molecule has 5 heteroatoms. The standard InChI is InChI=1S/C42H52N4Si/c1-25(2)47(26(3)4,27(5)6)19-18-34-35-14-12-32(43-35)23-39-42(10,11)24-33(45-39)22-31-13-15-37(44-31)41(38-17-16-36(34)46-38)40-29(8)20-28(7)21-30(40)9/h12-17,20-23,25-27,43-46H,24H2,1-11H3. The van der Waals surface area contributed by atoms with E-state index in [-0.39, 0.29) is 5.41 Å². The van der Waals surface area contributed by atoms with Crippen LogP contribution in [0.1, 0.15) is 107 Å². The number of aryl methyl sites for hydroxylation is 3. The summed E-state index contributed by atoms with van der Waals surface area (Å²) in [6.45, 7) is 25.6. The Kier molecular flexibility index (Phi) is 8.47. The summed E-state index contributed by atoms with van der Waals surface area (Å²) in [4.78, 5) is 11.4. The topological polar surface area (TPSA) is 59.4 Å². The molecule has 1 saturated heterocycles. The van der Waals surface area contributed by atoms with Gasteiger partial charge in [-0.25, -0.2) is 0 Å². The fourth-order valence-electron chi connectivity index (χ4n) is 8.46. The Hall–Kier alpha value is -4.14. The van der Waals surface area contributed by atoms with E-state index < -0.39 is 8.07 Å². The van der Waals surface area contributed by atoms with E-state index in [1.165, 1.54) is 39.2 Å². The molecule has 244 valence electrons. The van der Waals surface area contributed by atoms with E-state index >= 15 is 0 Å². The quantitative estimate of drug-likeness (QED) is 0.131. The molecule has 0 saturated carbocycles. The van der Waals surface area contributed by atoms with Crippen molar-refractivity contribution in [2.45, 2.75) is 99.2 Å². The molecule has 4 aromatic rings. The average Bonchev–Trinajstić information content (AvgIpc) is 3.76. The third-order valence-electron chi connectivity index (χ3n) is 10.7. The summed E-state index contributed by atoms with van der Waals surface area (Å²) in [5.74, 6) is 3.84. The SMILES string of the molecule is Cc1cc(C)c(C2=c3ccc([nH]3)=C(C#C[Si](C(C)C)(C(C)C)C(C)C)c3ccc([nH]3)C=C3NC(=Cc4ccc2[nH]4)CC3(C)C)c(C)c1. The van der Waals surface area contributed by atoms with Gasteiger partial charge in [0.2, 0.25) is 0 Å². The lowest BCUT2D eigenvalue weighted by Crippen LogP contribution is -2.43. The summed E-state index contributed by atoms with van der Waals surface area (Å²) < 4.78 is 0. The van der Waals surface area contributed by atoms with Gasteiger partial charge in [0.1, 0.15) is 8.07 Å². The third kappa shape index (κ3) is 5.93. The van der Waals surface area contributed by atoms with Gasteiger partial charge in [0.25, 0.3) is 0 Å². The molecular formula is C42H52N4Si. The molecule has 2 aliphatic rings. The number of fused-ring (bicyclic) bond motifs is 8. The van der Waals surface area contributed by atoms with Crippen LogP contribution in [0.2, 0.25) is 16.6 Å². The molecule has 1 aromatic carbocycles. The van der Waals surface area contributed by atoms with Gasteiger partial charge in [-0.05, 0) is 109 Å². The maximum Gasteiger partial charge on any atom is 0.146 e. The van der Waals surface area contributed by atoms with E-state index in [2.05, 4.69) is 169 Å². The Bertz CT molecular complexity index is 2050. The van der Waals surface area contributed by atoms with E-state index in [0.717, 1.165) is 45.5 Å². The molecule has 4 N–H and O–H groups in total. The highest BCUT2D eigenvalue weighted by Gasteiger charge is 2.42. The molecule has 6 rings (SSSR count). The largest absolute Gasteiger partial charge is 0.362 e. The van der Waals surface area contributed by atoms with Gasteiger partial charge in [0, 0.05) is 44.8 Å². The monoisotopic (exact) mass is 640 g/mol.